The van der Waals surface area contributed by atoms with Gasteiger partial charge in [-0.25, -0.2) is 0 Å². The number of hydrogen-bond acceptors (Lipinski definition) is 5. The van der Waals surface area contributed by atoms with Crippen LogP contribution in [0.5, 0.6) is 0 Å². The smallest absolute Gasteiger partial charge is 0.233 e. The van der Waals surface area contributed by atoms with E-state index >= 15 is 0 Å². The number of nitrogens with one attached hydrogen (secondary N) is 1. The lowest BCUT2D eigenvalue weighted by Crippen LogP contribution is -2.57. The summed E-state index contributed by atoms with van der Waals surface area (Å²) in [5.74, 6) is 1.00. The van der Waals surface area contributed by atoms with Crippen LogP contribution in [0.3, 0.4) is 0 Å². The molecule has 0 bridgehead atoms. The standard InChI is InChI=1S/C12H20N6O2/c1-8-5-12(6-8,10(13)17-20)11(19)14-4-3-9-16-15-7-18(9)2/h7-8,20H,3-6H2,1-2H3,(H2,13,17)(H,14,19). The Hall–Kier alpha value is -2.12. The summed E-state index contributed by atoms with van der Waals surface area (Å²) in [6, 6.07) is 0. The van der Waals surface area contributed by atoms with Gasteiger partial charge in [-0.1, -0.05) is 12.1 Å². The highest BCUT2D eigenvalue weighted by atomic mass is 16.4. The Bertz CT molecular complexity index is 518. The molecule has 1 heterocycles. The topological polar surface area (TPSA) is 118 Å². The summed E-state index contributed by atoms with van der Waals surface area (Å²) in [6.07, 6.45) is 3.42. The van der Waals surface area contributed by atoms with Gasteiger partial charge >= 0.3 is 0 Å². The molecule has 1 amide bonds. The zero-order valence-corrected chi connectivity index (χ0v) is 11.7. The van der Waals surface area contributed by atoms with E-state index in [4.69, 9.17) is 10.9 Å². The SMILES string of the molecule is CC1CC(C(=O)NCCc2nncn2C)(C(N)=NO)C1. The second kappa shape index (κ2) is 5.48. The van der Waals surface area contributed by atoms with Gasteiger partial charge < -0.3 is 20.8 Å². The Kier molecular flexibility index (Phi) is 3.91. The van der Waals surface area contributed by atoms with Gasteiger partial charge in [0, 0.05) is 20.0 Å². The minimum absolute atomic E-state index is 0.00763. The second-order valence-electron chi connectivity index (χ2n) is 5.44. The third kappa shape index (κ3) is 2.45. The van der Waals surface area contributed by atoms with Gasteiger partial charge in [-0.15, -0.1) is 10.2 Å². The van der Waals surface area contributed by atoms with Crippen molar-refractivity contribution in [3.63, 3.8) is 0 Å². The summed E-state index contributed by atoms with van der Waals surface area (Å²) in [6.45, 7) is 2.48. The number of hydrogen-bond donors (Lipinski definition) is 3. The van der Waals surface area contributed by atoms with Gasteiger partial charge in [-0.05, 0) is 18.8 Å². The van der Waals surface area contributed by atoms with Crippen LogP contribution in [0, 0.1) is 11.3 Å². The Morgan fingerprint density at radius 3 is 2.90 bits per heavy atom. The van der Waals surface area contributed by atoms with Gasteiger partial charge in [0.2, 0.25) is 5.91 Å². The summed E-state index contributed by atoms with van der Waals surface area (Å²) < 4.78 is 1.80. The van der Waals surface area contributed by atoms with E-state index in [1.54, 1.807) is 10.9 Å². The molecule has 0 atom stereocenters. The van der Waals surface area contributed by atoms with Crippen LogP contribution in [0.15, 0.2) is 11.5 Å². The largest absolute Gasteiger partial charge is 0.409 e. The highest BCUT2D eigenvalue weighted by Crippen LogP contribution is 2.45. The van der Waals surface area contributed by atoms with E-state index in [-0.39, 0.29) is 11.7 Å². The lowest BCUT2D eigenvalue weighted by atomic mass is 9.61. The molecule has 0 unspecified atom stereocenters. The van der Waals surface area contributed by atoms with E-state index in [1.165, 1.54) is 0 Å². The van der Waals surface area contributed by atoms with Crippen molar-refractivity contribution in [1.29, 1.82) is 0 Å². The molecule has 1 saturated carbocycles. The molecule has 20 heavy (non-hydrogen) atoms. The Balaban J connectivity index is 1.92. The van der Waals surface area contributed by atoms with Crippen LogP contribution >= 0.6 is 0 Å². The number of amidine groups is 1. The molecule has 8 nitrogen and oxygen atoms in total. The van der Waals surface area contributed by atoms with Crippen molar-refractivity contribution >= 4 is 11.7 Å². The van der Waals surface area contributed by atoms with Crippen LogP contribution < -0.4 is 11.1 Å². The van der Waals surface area contributed by atoms with Crippen molar-refractivity contribution in [2.24, 2.45) is 29.3 Å². The minimum atomic E-state index is -0.853. The number of nitrogens with two attached hydrogens (primary N) is 1. The lowest BCUT2D eigenvalue weighted by molar-refractivity contribution is -0.133. The van der Waals surface area contributed by atoms with Crippen LogP contribution in [0.1, 0.15) is 25.6 Å². The monoisotopic (exact) mass is 280 g/mol. The molecule has 110 valence electrons. The van der Waals surface area contributed by atoms with Gasteiger partial charge in [-0.2, -0.15) is 0 Å². The quantitative estimate of drug-likeness (QED) is 0.294. The van der Waals surface area contributed by atoms with Crippen molar-refractivity contribution in [3.8, 4) is 0 Å². The molecule has 1 aliphatic rings. The third-order valence-electron chi connectivity index (χ3n) is 3.87. The summed E-state index contributed by atoms with van der Waals surface area (Å²) in [5, 5.41) is 22.4. The molecule has 1 aromatic heterocycles. The molecule has 0 saturated heterocycles. The first-order valence-corrected chi connectivity index (χ1v) is 6.59. The number of oxime groups is 1. The summed E-state index contributed by atoms with van der Waals surface area (Å²) >= 11 is 0. The second-order valence-corrected chi connectivity index (χ2v) is 5.44. The number of rotatable bonds is 5. The molecule has 8 heteroatoms. The third-order valence-corrected chi connectivity index (χ3v) is 3.87. The van der Waals surface area contributed by atoms with E-state index in [1.807, 2.05) is 14.0 Å². The van der Waals surface area contributed by atoms with Crippen LogP contribution in [-0.4, -0.2) is 38.3 Å². The maximum Gasteiger partial charge on any atom is 0.233 e. The predicted octanol–water partition coefficient (Wildman–Crippen LogP) is -0.363. The molecular weight excluding hydrogens is 260 g/mol. The van der Waals surface area contributed by atoms with E-state index < -0.39 is 5.41 Å². The summed E-state index contributed by atoms with van der Waals surface area (Å²) in [5.41, 5.74) is 4.83. The molecule has 0 aliphatic heterocycles. The first-order valence-electron chi connectivity index (χ1n) is 6.59. The minimum Gasteiger partial charge on any atom is -0.409 e. The molecule has 0 spiro atoms. The van der Waals surface area contributed by atoms with E-state index in [0.717, 1.165) is 5.82 Å². The van der Waals surface area contributed by atoms with Gasteiger partial charge in [-0.3, -0.25) is 4.79 Å². The zero-order chi connectivity index (χ0) is 14.8. The normalized spacial score (nSPS) is 26.1. The molecule has 1 aliphatic carbocycles. The fourth-order valence-electron chi connectivity index (χ4n) is 2.73. The van der Waals surface area contributed by atoms with Crippen LogP contribution in [0.2, 0.25) is 0 Å². The maximum atomic E-state index is 12.3. The fraction of sp³-hybridized carbons (Fsp3) is 0.667. The number of nitrogens with zero attached hydrogens (tertiary/aromatic N) is 4. The van der Waals surface area contributed by atoms with Gasteiger partial charge in [0.25, 0.3) is 0 Å². The Morgan fingerprint density at radius 1 is 1.70 bits per heavy atom. The molecule has 1 aromatic rings. The molecule has 0 aromatic carbocycles. The number of aryl methyl sites for hydroxylation is 1. The maximum absolute atomic E-state index is 12.3. The Labute approximate surface area is 117 Å². The molecule has 0 radical (unpaired) electrons. The predicted molar refractivity (Wildman–Crippen MR) is 72.0 cm³/mol. The van der Waals surface area contributed by atoms with E-state index in [9.17, 15) is 4.79 Å². The van der Waals surface area contributed by atoms with Crippen molar-refractivity contribution in [2.75, 3.05) is 6.54 Å². The molecular formula is C12H20N6O2. The number of carbonyl (C=O) groups excluding carboxylic acids is 1. The molecule has 4 N–H and O–H groups in total. The van der Waals surface area contributed by atoms with Crippen LogP contribution in [0.25, 0.3) is 0 Å². The zero-order valence-electron chi connectivity index (χ0n) is 11.7. The lowest BCUT2D eigenvalue weighted by Gasteiger charge is -2.43. The number of amides is 1. The highest BCUT2D eigenvalue weighted by Gasteiger charge is 2.52. The highest BCUT2D eigenvalue weighted by molar-refractivity contribution is 6.07. The Morgan fingerprint density at radius 2 is 2.40 bits per heavy atom. The van der Waals surface area contributed by atoms with Gasteiger partial charge in [0.05, 0.1) is 0 Å². The summed E-state index contributed by atoms with van der Waals surface area (Å²) in [7, 11) is 1.85. The van der Waals surface area contributed by atoms with Crippen molar-refractivity contribution in [1.82, 2.24) is 20.1 Å². The number of aromatic nitrogens is 3. The first kappa shape index (κ1) is 14.3. The van der Waals surface area contributed by atoms with Gasteiger partial charge in [0.15, 0.2) is 5.84 Å². The molecule has 2 rings (SSSR count). The van der Waals surface area contributed by atoms with E-state index in [2.05, 4.69) is 20.7 Å². The van der Waals surface area contributed by atoms with E-state index in [0.29, 0.717) is 31.7 Å². The van der Waals surface area contributed by atoms with Gasteiger partial charge in [0.1, 0.15) is 17.6 Å². The summed E-state index contributed by atoms with van der Waals surface area (Å²) in [4.78, 5) is 12.3. The average molecular weight is 280 g/mol. The van der Waals surface area contributed by atoms with Crippen molar-refractivity contribution in [2.45, 2.75) is 26.2 Å². The molecule has 1 fully saturated rings. The average Bonchev–Trinajstić information content (AvgIpc) is 2.79. The van der Waals surface area contributed by atoms with Crippen LogP contribution in [0.4, 0.5) is 0 Å². The van der Waals surface area contributed by atoms with Crippen LogP contribution in [-0.2, 0) is 18.3 Å². The number of carbonyl (C=O) groups is 1. The fourth-order valence-corrected chi connectivity index (χ4v) is 2.73. The van der Waals surface area contributed by atoms with Crippen molar-refractivity contribution in [3.05, 3.63) is 12.2 Å². The van der Waals surface area contributed by atoms with Crippen molar-refractivity contribution < 1.29 is 10.0 Å². The first-order chi connectivity index (χ1) is 9.49.